The van der Waals surface area contributed by atoms with E-state index in [0.29, 0.717) is 5.69 Å². The number of anilines is 1. The molecule has 0 radical (unpaired) electrons. The fourth-order valence-corrected chi connectivity index (χ4v) is 2.05. The number of hydrogen-bond donors (Lipinski definition) is 2. The highest BCUT2D eigenvalue weighted by Gasteiger charge is 2.08. The van der Waals surface area contributed by atoms with Crippen LogP contribution in [0, 0.1) is 10.1 Å². The van der Waals surface area contributed by atoms with Gasteiger partial charge in [0.15, 0.2) is 6.61 Å². The van der Waals surface area contributed by atoms with Crippen molar-refractivity contribution in [3.05, 3.63) is 64.2 Å². The van der Waals surface area contributed by atoms with Crippen LogP contribution in [0.25, 0.3) is 0 Å². The normalized spacial score (nSPS) is 9.96. The van der Waals surface area contributed by atoms with Gasteiger partial charge in [-0.15, -0.1) is 0 Å². The molecule has 8 heteroatoms. The summed E-state index contributed by atoms with van der Waals surface area (Å²) in [5.74, 6) is -0.292. The number of nitrogens with one attached hydrogen (secondary N) is 2. The van der Waals surface area contributed by atoms with Crippen LogP contribution in [0.15, 0.2) is 48.5 Å². The summed E-state index contributed by atoms with van der Waals surface area (Å²) in [4.78, 5) is 33.0. The van der Waals surface area contributed by atoms with Gasteiger partial charge in [0.2, 0.25) is 5.91 Å². The summed E-state index contributed by atoms with van der Waals surface area (Å²) in [6, 6.07) is 12.7. The van der Waals surface area contributed by atoms with E-state index in [9.17, 15) is 19.7 Å². The van der Waals surface area contributed by atoms with Crippen molar-refractivity contribution in [1.82, 2.24) is 5.32 Å². The lowest BCUT2D eigenvalue weighted by Crippen LogP contribution is -2.28. The van der Waals surface area contributed by atoms with E-state index in [1.807, 2.05) is 6.07 Å². The van der Waals surface area contributed by atoms with Crippen LogP contribution >= 0.6 is 0 Å². The molecular weight excluding hydrogens is 326 g/mol. The van der Waals surface area contributed by atoms with Crippen molar-refractivity contribution in [2.45, 2.75) is 13.5 Å². The number of carbonyl (C=O) groups excluding carboxylic acids is 2. The van der Waals surface area contributed by atoms with Gasteiger partial charge < -0.3 is 15.4 Å². The Hall–Kier alpha value is -3.42. The molecule has 0 bridgehead atoms. The number of carbonyl (C=O) groups is 2. The second-order valence-electron chi connectivity index (χ2n) is 5.20. The summed E-state index contributed by atoms with van der Waals surface area (Å²) in [5, 5.41) is 16.0. The third-order valence-electron chi connectivity index (χ3n) is 3.14. The Morgan fingerprint density at radius 3 is 2.64 bits per heavy atom. The molecule has 25 heavy (non-hydrogen) atoms. The van der Waals surface area contributed by atoms with E-state index < -0.39 is 4.92 Å². The van der Waals surface area contributed by atoms with Crippen molar-refractivity contribution < 1.29 is 19.2 Å². The molecule has 2 amide bonds. The van der Waals surface area contributed by atoms with E-state index in [1.165, 1.54) is 31.2 Å². The fourth-order valence-electron chi connectivity index (χ4n) is 2.05. The van der Waals surface area contributed by atoms with Gasteiger partial charge in [0.1, 0.15) is 5.75 Å². The average molecular weight is 343 g/mol. The van der Waals surface area contributed by atoms with Crippen LogP contribution in [0.3, 0.4) is 0 Å². The molecule has 0 saturated carbocycles. The number of amides is 2. The minimum atomic E-state index is -0.533. The Morgan fingerprint density at radius 2 is 1.92 bits per heavy atom. The number of nitro groups is 1. The van der Waals surface area contributed by atoms with E-state index in [-0.39, 0.29) is 36.4 Å². The zero-order valence-electron chi connectivity index (χ0n) is 13.5. The van der Waals surface area contributed by atoms with E-state index >= 15 is 0 Å². The fraction of sp³-hybridized carbons (Fsp3) is 0.176. The Labute approximate surface area is 144 Å². The second kappa shape index (κ2) is 8.44. The average Bonchev–Trinajstić information content (AvgIpc) is 2.58. The molecule has 130 valence electrons. The summed E-state index contributed by atoms with van der Waals surface area (Å²) in [6.45, 7) is 1.43. The Morgan fingerprint density at radius 1 is 1.16 bits per heavy atom. The number of ether oxygens (including phenoxy) is 1. The summed E-state index contributed by atoms with van der Waals surface area (Å²) in [7, 11) is 0. The Balaban J connectivity index is 1.84. The standard InChI is InChI=1S/C17H17N3O5/c1-12(21)19-14-5-2-4-13(8-14)10-18-17(22)11-25-16-7-3-6-15(9-16)20(23)24/h2-9H,10-11H2,1H3,(H,18,22)(H,19,21). The molecule has 0 atom stereocenters. The van der Waals surface area contributed by atoms with Gasteiger partial charge in [-0.3, -0.25) is 19.7 Å². The molecule has 2 aromatic rings. The highest BCUT2D eigenvalue weighted by atomic mass is 16.6. The molecular formula is C17H17N3O5. The molecule has 0 saturated heterocycles. The van der Waals surface area contributed by atoms with Crippen molar-refractivity contribution in [2.24, 2.45) is 0 Å². The second-order valence-corrected chi connectivity index (χ2v) is 5.20. The van der Waals surface area contributed by atoms with E-state index in [2.05, 4.69) is 10.6 Å². The van der Waals surface area contributed by atoms with Crippen LogP contribution in [0.1, 0.15) is 12.5 Å². The lowest BCUT2D eigenvalue weighted by atomic mass is 10.2. The SMILES string of the molecule is CC(=O)Nc1cccc(CNC(=O)COc2cccc([N+](=O)[O-])c2)c1. The van der Waals surface area contributed by atoms with Gasteiger partial charge in [-0.05, 0) is 23.8 Å². The molecule has 2 N–H and O–H groups in total. The highest BCUT2D eigenvalue weighted by Crippen LogP contribution is 2.18. The van der Waals surface area contributed by atoms with Crippen LogP contribution in [-0.4, -0.2) is 23.3 Å². The van der Waals surface area contributed by atoms with E-state index in [1.54, 1.807) is 18.2 Å². The van der Waals surface area contributed by atoms with Crippen LogP contribution in [0.5, 0.6) is 5.75 Å². The van der Waals surface area contributed by atoms with Gasteiger partial charge in [0.25, 0.3) is 11.6 Å². The number of rotatable bonds is 7. The monoisotopic (exact) mass is 343 g/mol. The Bertz CT molecular complexity index is 791. The number of hydrogen-bond acceptors (Lipinski definition) is 5. The number of nitrogens with zero attached hydrogens (tertiary/aromatic N) is 1. The van der Waals surface area contributed by atoms with Crippen LogP contribution in [0.2, 0.25) is 0 Å². The Kier molecular flexibility index (Phi) is 6.05. The van der Waals surface area contributed by atoms with Crippen LogP contribution in [0.4, 0.5) is 11.4 Å². The van der Waals surface area contributed by atoms with Crippen LogP contribution < -0.4 is 15.4 Å². The third kappa shape index (κ3) is 5.94. The number of benzene rings is 2. The minimum absolute atomic E-state index is 0.104. The molecule has 0 heterocycles. The summed E-state index contributed by atoms with van der Waals surface area (Å²) < 4.78 is 5.25. The van der Waals surface area contributed by atoms with E-state index in [0.717, 1.165) is 5.56 Å². The van der Waals surface area contributed by atoms with Crippen molar-refractivity contribution in [1.29, 1.82) is 0 Å². The summed E-state index contributed by atoms with van der Waals surface area (Å²) >= 11 is 0. The van der Waals surface area contributed by atoms with Crippen molar-refractivity contribution >= 4 is 23.2 Å². The molecule has 0 aliphatic heterocycles. The molecule has 0 unspecified atom stereocenters. The first-order valence-corrected chi connectivity index (χ1v) is 7.44. The topological polar surface area (TPSA) is 111 Å². The lowest BCUT2D eigenvalue weighted by molar-refractivity contribution is -0.384. The maximum atomic E-state index is 11.8. The smallest absolute Gasteiger partial charge is 0.273 e. The van der Waals surface area contributed by atoms with Gasteiger partial charge in [0, 0.05) is 25.2 Å². The van der Waals surface area contributed by atoms with Gasteiger partial charge in [-0.1, -0.05) is 18.2 Å². The minimum Gasteiger partial charge on any atom is -0.484 e. The highest BCUT2D eigenvalue weighted by molar-refractivity contribution is 5.88. The number of non-ortho nitro benzene ring substituents is 1. The lowest BCUT2D eigenvalue weighted by Gasteiger charge is -2.09. The first-order valence-electron chi connectivity index (χ1n) is 7.44. The van der Waals surface area contributed by atoms with Crippen molar-refractivity contribution in [3.8, 4) is 5.75 Å². The summed E-state index contributed by atoms with van der Waals surface area (Å²) in [6.07, 6.45) is 0. The van der Waals surface area contributed by atoms with Crippen LogP contribution in [-0.2, 0) is 16.1 Å². The van der Waals surface area contributed by atoms with Crippen molar-refractivity contribution in [2.75, 3.05) is 11.9 Å². The number of nitro benzene ring substituents is 1. The molecule has 0 spiro atoms. The van der Waals surface area contributed by atoms with Gasteiger partial charge in [-0.25, -0.2) is 0 Å². The maximum absolute atomic E-state index is 11.8. The van der Waals surface area contributed by atoms with Gasteiger partial charge in [0.05, 0.1) is 11.0 Å². The molecule has 2 rings (SSSR count). The molecule has 8 nitrogen and oxygen atoms in total. The largest absolute Gasteiger partial charge is 0.484 e. The summed E-state index contributed by atoms with van der Waals surface area (Å²) in [5.41, 5.74) is 1.36. The molecule has 0 aliphatic rings. The first kappa shape index (κ1) is 17.9. The van der Waals surface area contributed by atoms with Gasteiger partial charge in [-0.2, -0.15) is 0 Å². The third-order valence-corrected chi connectivity index (χ3v) is 3.14. The van der Waals surface area contributed by atoms with Crippen molar-refractivity contribution in [3.63, 3.8) is 0 Å². The molecule has 2 aromatic carbocycles. The zero-order chi connectivity index (χ0) is 18.2. The molecule has 0 aromatic heterocycles. The van der Waals surface area contributed by atoms with E-state index in [4.69, 9.17) is 4.74 Å². The predicted octanol–water partition coefficient (Wildman–Crippen LogP) is 2.25. The predicted molar refractivity (Wildman–Crippen MR) is 91.2 cm³/mol. The maximum Gasteiger partial charge on any atom is 0.273 e. The quantitative estimate of drug-likeness (QED) is 0.592. The zero-order valence-corrected chi connectivity index (χ0v) is 13.5. The molecule has 0 fully saturated rings. The molecule has 0 aliphatic carbocycles. The first-order chi connectivity index (χ1) is 11.9. The van der Waals surface area contributed by atoms with Gasteiger partial charge >= 0.3 is 0 Å².